The first-order valence-corrected chi connectivity index (χ1v) is 15.6. The number of anilines is 1. The maximum absolute atomic E-state index is 13.5. The van der Waals surface area contributed by atoms with Crippen LogP contribution in [0.5, 0.6) is 0 Å². The van der Waals surface area contributed by atoms with Gasteiger partial charge in [0, 0.05) is 86.9 Å². The molecule has 8 heteroatoms. The van der Waals surface area contributed by atoms with Crippen LogP contribution in [-0.2, 0) is 11.5 Å². The third-order valence-corrected chi connectivity index (χ3v) is 7.76. The summed E-state index contributed by atoms with van der Waals surface area (Å²) in [6.45, 7) is 7.93. The van der Waals surface area contributed by atoms with E-state index in [1.807, 2.05) is 54.0 Å². The van der Waals surface area contributed by atoms with Crippen LogP contribution < -0.4 is 4.90 Å². The Kier molecular flexibility index (Phi) is 7.34. The van der Waals surface area contributed by atoms with Crippen LogP contribution in [0, 0.1) is 11.3 Å². The van der Waals surface area contributed by atoms with Gasteiger partial charge in [0.2, 0.25) is 0 Å². The molecule has 3 aromatic heterocycles. The van der Waals surface area contributed by atoms with Crippen LogP contribution >= 0.6 is 0 Å². The molecule has 3 heterocycles. The quantitative estimate of drug-likeness (QED) is 0.171. The van der Waals surface area contributed by atoms with E-state index in [-0.39, 0.29) is 5.78 Å². The number of hydrogen-bond acceptors (Lipinski definition) is 6. The number of carbonyl (C=O) groups is 1. The second-order valence-electron chi connectivity index (χ2n) is 10.3. The average Bonchev–Trinajstić information content (AvgIpc) is 3.23. The first kappa shape index (κ1) is 25.3. The van der Waals surface area contributed by atoms with E-state index < -0.39 is 8.07 Å². The minimum absolute atomic E-state index is 0.128. The first-order valence-electron chi connectivity index (χ1n) is 11.9. The van der Waals surface area contributed by atoms with Crippen LogP contribution in [-0.4, -0.2) is 49.1 Å². The van der Waals surface area contributed by atoms with Crippen molar-refractivity contribution in [1.29, 1.82) is 5.26 Å². The minimum Gasteiger partial charge on any atom is -0.378 e. The molecule has 0 amide bonds. The zero-order valence-corrected chi connectivity index (χ0v) is 22.4. The number of fused-ring (bicyclic) bond motifs is 1. The molecule has 0 spiro atoms. The van der Waals surface area contributed by atoms with Crippen LogP contribution in [0.2, 0.25) is 25.7 Å². The van der Waals surface area contributed by atoms with E-state index in [2.05, 4.69) is 30.7 Å². The van der Waals surface area contributed by atoms with Crippen LogP contribution in [0.4, 0.5) is 5.69 Å². The van der Waals surface area contributed by atoms with Crippen molar-refractivity contribution in [3.63, 3.8) is 0 Å². The first-order chi connectivity index (χ1) is 17.2. The third-order valence-electron chi connectivity index (χ3n) is 6.06. The summed E-state index contributed by atoms with van der Waals surface area (Å²) in [5.74, 6) is -0.128. The van der Waals surface area contributed by atoms with Crippen molar-refractivity contribution in [3.05, 3.63) is 77.9 Å². The molecule has 36 heavy (non-hydrogen) atoms. The van der Waals surface area contributed by atoms with Crippen molar-refractivity contribution in [2.24, 2.45) is 0 Å². The lowest BCUT2D eigenvalue weighted by Gasteiger charge is -2.15. The minimum atomic E-state index is -1.21. The predicted molar refractivity (Wildman–Crippen MR) is 146 cm³/mol. The van der Waals surface area contributed by atoms with Crippen molar-refractivity contribution in [3.8, 4) is 17.2 Å². The lowest BCUT2D eigenvalue weighted by Crippen LogP contribution is -2.22. The number of nitriles is 1. The van der Waals surface area contributed by atoms with E-state index in [4.69, 9.17) is 9.72 Å². The topological polar surface area (TPSA) is 84.0 Å². The van der Waals surface area contributed by atoms with E-state index in [1.165, 1.54) is 0 Å². The monoisotopic (exact) mass is 497 g/mol. The van der Waals surface area contributed by atoms with Gasteiger partial charge in [0.05, 0.1) is 11.6 Å². The molecule has 0 atom stereocenters. The smallest absolute Gasteiger partial charge is 0.196 e. The van der Waals surface area contributed by atoms with Gasteiger partial charge in [-0.25, -0.2) is 4.98 Å². The summed E-state index contributed by atoms with van der Waals surface area (Å²) in [6.07, 6.45) is 6.78. The molecule has 1 aromatic carbocycles. The molecule has 0 bridgehead atoms. The fraction of sp³-hybridized carbons (Fsp3) is 0.286. The summed E-state index contributed by atoms with van der Waals surface area (Å²) < 4.78 is 7.86. The molecule has 7 nitrogen and oxygen atoms in total. The van der Waals surface area contributed by atoms with Gasteiger partial charge in [-0.1, -0.05) is 25.7 Å². The molecular formula is C28H31N5O2Si. The lowest BCUT2D eigenvalue weighted by atomic mass is 9.98. The van der Waals surface area contributed by atoms with Gasteiger partial charge in [0.25, 0.3) is 0 Å². The van der Waals surface area contributed by atoms with Gasteiger partial charge in [-0.3, -0.25) is 9.78 Å². The molecule has 0 aliphatic carbocycles. The fourth-order valence-corrected chi connectivity index (χ4v) is 4.70. The van der Waals surface area contributed by atoms with E-state index >= 15 is 0 Å². The van der Waals surface area contributed by atoms with Gasteiger partial charge in [-0.2, -0.15) is 5.26 Å². The number of nitrogens with zero attached hydrogens (tertiary/aromatic N) is 5. The second-order valence-corrected chi connectivity index (χ2v) is 15.9. The highest BCUT2D eigenvalue weighted by molar-refractivity contribution is 6.76. The van der Waals surface area contributed by atoms with Crippen LogP contribution in [0.1, 0.15) is 21.5 Å². The summed E-state index contributed by atoms with van der Waals surface area (Å²) in [7, 11) is 2.67. The molecule has 0 N–H and O–H groups in total. The van der Waals surface area contributed by atoms with Gasteiger partial charge in [-0.15, -0.1) is 0 Å². The van der Waals surface area contributed by atoms with Crippen molar-refractivity contribution >= 4 is 30.6 Å². The number of pyridine rings is 2. The molecule has 184 valence electrons. The number of ether oxygens (including phenoxy) is 1. The van der Waals surface area contributed by atoms with Gasteiger partial charge in [0.1, 0.15) is 12.4 Å². The Hall–Kier alpha value is -3.80. The molecule has 0 unspecified atom stereocenters. The van der Waals surface area contributed by atoms with Crippen LogP contribution in [0.15, 0.2) is 61.2 Å². The highest BCUT2D eigenvalue weighted by atomic mass is 28.3. The predicted octanol–water partition coefficient (Wildman–Crippen LogP) is 5.58. The van der Waals surface area contributed by atoms with E-state index in [0.29, 0.717) is 35.7 Å². The molecule has 0 saturated carbocycles. The number of benzene rings is 1. The number of carbonyl (C=O) groups excluding carboxylic acids is 1. The summed E-state index contributed by atoms with van der Waals surface area (Å²) in [5.41, 5.74) is 4.76. The Labute approximate surface area is 213 Å². The average molecular weight is 498 g/mol. The number of aromatic nitrogens is 3. The highest BCUT2D eigenvalue weighted by Gasteiger charge is 2.20. The molecule has 0 fully saturated rings. The van der Waals surface area contributed by atoms with Crippen molar-refractivity contribution in [2.45, 2.75) is 32.4 Å². The van der Waals surface area contributed by atoms with Crippen molar-refractivity contribution in [2.75, 3.05) is 25.6 Å². The number of ketones is 1. The maximum Gasteiger partial charge on any atom is 0.196 e. The third kappa shape index (κ3) is 5.53. The largest absolute Gasteiger partial charge is 0.378 e. The zero-order valence-electron chi connectivity index (χ0n) is 21.4. The second kappa shape index (κ2) is 10.4. The van der Waals surface area contributed by atoms with Crippen LogP contribution in [0.25, 0.3) is 22.2 Å². The zero-order chi connectivity index (χ0) is 25.9. The van der Waals surface area contributed by atoms with Gasteiger partial charge < -0.3 is 14.2 Å². The molecule has 0 saturated heterocycles. The summed E-state index contributed by atoms with van der Waals surface area (Å²) in [6, 6.07) is 14.6. The summed E-state index contributed by atoms with van der Waals surface area (Å²) in [5, 5.41) is 10.5. The Morgan fingerprint density at radius 2 is 1.97 bits per heavy atom. The van der Waals surface area contributed by atoms with Crippen LogP contribution in [0.3, 0.4) is 0 Å². The molecule has 4 rings (SSSR count). The normalized spacial score (nSPS) is 11.4. The van der Waals surface area contributed by atoms with Gasteiger partial charge in [0.15, 0.2) is 5.78 Å². The fourth-order valence-electron chi connectivity index (χ4n) is 3.95. The van der Waals surface area contributed by atoms with E-state index in [1.54, 1.807) is 30.7 Å². The Bertz CT molecular complexity index is 1430. The Balaban J connectivity index is 1.77. The van der Waals surface area contributed by atoms with E-state index in [9.17, 15) is 10.1 Å². The molecule has 4 aromatic rings. The number of hydrogen-bond donors (Lipinski definition) is 0. The van der Waals surface area contributed by atoms with Crippen molar-refractivity contribution in [1.82, 2.24) is 14.5 Å². The molecule has 0 aliphatic heterocycles. The molecular weight excluding hydrogens is 466 g/mol. The molecule has 0 aliphatic rings. The van der Waals surface area contributed by atoms with Gasteiger partial charge >= 0.3 is 0 Å². The summed E-state index contributed by atoms with van der Waals surface area (Å²) >= 11 is 0. The van der Waals surface area contributed by atoms with Crippen molar-refractivity contribution < 1.29 is 9.53 Å². The number of rotatable bonds is 9. The highest BCUT2D eigenvalue weighted by Crippen LogP contribution is 2.31. The standard InChI is InChI=1S/C28H31N5O2Si/c1-32(2)23-8-9-24(21(13-23)15-29)22-14-25-26(27(34)20-7-6-10-30-16-20)18-33(28(25)31-17-22)19-35-11-12-36(3,4)5/h6-10,13-14,16-18H,11-12,19H2,1-5H3. The lowest BCUT2D eigenvalue weighted by molar-refractivity contribution is 0.0896. The molecule has 0 radical (unpaired) electrons. The maximum atomic E-state index is 13.5. The Morgan fingerprint density at radius 3 is 2.64 bits per heavy atom. The Morgan fingerprint density at radius 1 is 1.17 bits per heavy atom. The SMILES string of the molecule is CN(C)c1ccc(-c2cnc3c(c2)c(C(=O)c2cccnc2)cn3COCC[Si](C)(C)C)c(C#N)c1. The van der Waals surface area contributed by atoms with E-state index in [0.717, 1.165) is 28.2 Å². The van der Waals surface area contributed by atoms with Gasteiger partial charge in [-0.05, 0) is 36.4 Å². The summed E-state index contributed by atoms with van der Waals surface area (Å²) in [4.78, 5) is 24.2.